The Morgan fingerprint density at radius 1 is 0.800 bits per heavy atom. The van der Waals surface area contributed by atoms with Gasteiger partial charge in [0.15, 0.2) is 0 Å². The van der Waals surface area contributed by atoms with Crippen LogP contribution in [0.2, 0.25) is 0 Å². The molecule has 3 aromatic rings. The van der Waals surface area contributed by atoms with Crippen molar-refractivity contribution in [3.05, 3.63) is 108 Å². The molecule has 4 rings (SSSR count). The highest BCUT2D eigenvalue weighted by atomic mass is 15.2. The molecule has 0 saturated carbocycles. The molecule has 2 nitrogen and oxygen atoms in total. The minimum absolute atomic E-state index is 0.527. The molecular formula is C28H30N2. The molecule has 1 aliphatic rings. The number of benzene rings is 3. The van der Waals surface area contributed by atoms with Gasteiger partial charge in [0.2, 0.25) is 0 Å². The van der Waals surface area contributed by atoms with E-state index in [9.17, 15) is 5.26 Å². The molecule has 3 aromatic carbocycles. The lowest BCUT2D eigenvalue weighted by molar-refractivity contribution is 0.127. The molecule has 1 fully saturated rings. The molecule has 2 heteroatoms. The first kappa shape index (κ1) is 20.4. The Balaban J connectivity index is 1.58. The summed E-state index contributed by atoms with van der Waals surface area (Å²) in [4.78, 5) is 2.64. The molecule has 0 radical (unpaired) electrons. The zero-order valence-corrected chi connectivity index (χ0v) is 17.6. The lowest BCUT2D eigenvalue weighted by Crippen LogP contribution is -2.40. The molecule has 0 aromatic heterocycles. The molecule has 0 aliphatic carbocycles. The van der Waals surface area contributed by atoms with Crippen LogP contribution in [0.1, 0.15) is 48.8 Å². The summed E-state index contributed by atoms with van der Waals surface area (Å²) in [6, 6.07) is 34.7. The summed E-state index contributed by atoms with van der Waals surface area (Å²) in [7, 11) is 0. The average molecular weight is 395 g/mol. The Hall–Kier alpha value is -2.89. The van der Waals surface area contributed by atoms with Gasteiger partial charge in [-0.1, -0.05) is 97.4 Å². The highest BCUT2D eigenvalue weighted by Crippen LogP contribution is 2.38. The maximum Gasteiger partial charge on any atom is 0.107 e. The number of nitrogens with zero attached hydrogens (tertiary/aromatic N) is 2. The molecule has 0 amide bonds. The maximum atomic E-state index is 10.5. The summed E-state index contributed by atoms with van der Waals surface area (Å²) in [6.07, 6.45) is 5.64. The summed E-state index contributed by atoms with van der Waals surface area (Å²) in [5, 5.41) is 10.5. The summed E-state index contributed by atoms with van der Waals surface area (Å²) >= 11 is 0. The minimum atomic E-state index is -0.599. The Bertz CT molecular complexity index is 905. The molecule has 152 valence electrons. The second-order valence-corrected chi connectivity index (χ2v) is 8.39. The van der Waals surface area contributed by atoms with Gasteiger partial charge in [-0.2, -0.15) is 5.26 Å². The monoisotopic (exact) mass is 394 g/mol. The van der Waals surface area contributed by atoms with E-state index in [-0.39, 0.29) is 0 Å². The number of hydrogen-bond donors (Lipinski definition) is 0. The quantitative estimate of drug-likeness (QED) is 0.468. The molecule has 0 spiro atoms. The van der Waals surface area contributed by atoms with E-state index in [1.807, 2.05) is 36.4 Å². The third kappa shape index (κ3) is 4.48. The van der Waals surface area contributed by atoms with Crippen LogP contribution in [0.25, 0.3) is 0 Å². The topological polar surface area (TPSA) is 27.0 Å². The van der Waals surface area contributed by atoms with Crippen molar-refractivity contribution in [2.24, 2.45) is 0 Å². The van der Waals surface area contributed by atoms with Gasteiger partial charge in [0.25, 0.3) is 0 Å². The number of piperidine rings is 1. The largest absolute Gasteiger partial charge is 0.296 e. The Morgan fingerprint density at radius 3 is 1.93 bits per heavy atom. The molecule has 0 N–H and O–H groups in total. The van der Waals surface area contributed by atoms with E-state index >= 15 is 0 Å². The highest BCUT2D eigenvalue weighted by molar-refractivity contribution is 5.45. The van der Waals surface area contributed by atoms with Crippen LogP contribution < -0.4 is 0 Å². The van der Waals surface area contributed by atoms with E-state index in [0.29, 0.717) is 6.04 Å². The van der Waals surface area contributed by atoms with Gasteiger partial charge in [0.1, 0.15) is 5.41 Å². The first-order valence-corrected chi connectivity index (χ1v) is 11.1. The number of likely N-dealkylation sites (tertiary alicyclic amines) is 1. The standard InChI is InChI=1S/C28H30N2/c29-23-28(25-14-6-2-7-15-25,26-16-8-3-9-17-26)20-19-27-18-10-11-21-30(27)22-24-12-4-1-5-13-24/h1-9,12-17,27H,10-11,18-22H2. The van der Waals surface area contributed by atoms with E-state index in [0.717, 1.165) is 37.1 Å². The number of hydrogen-bond acceptors (Lipinski definition) is 2. The van der Waals surface area contributed by atoms with Crippen LogP contribution in [-0.4, -0.2) is 17.5 Å². The first-order chi connectivity index (χ1) is 14.8. The van der Waals surface area contributed by atoms with E-state index in [1.165, 1.54) is 24.8 Å². The Labute approximate surface area is 180 Å². The zero-order valence-electron chi connectivity index (χ0n) is 17.6. The molecule has 30 heavy (non-hydrogen) atoms. The zero-order chi connectivity index (χ0) is 20.7. The lowest BCUT2D eigenvalue weighted by atomic mass is 9.71. The third-order valence-corrected chi connectivity index (χ3v) is 6.55. The van der Waals surface area contributed by atoms with Gasteiger partial charge in [-0.25, -0.2) is 0 Å². The fourth-order valence-corrected chi connectivity index (χ4v) is 4.88. The second-order valence-electron chi connectivity index (χ2n) is 8.39. The van der Waals surface area contributed by atoms with Gasteiger partial charge in [0.05, 0.1) is 6.07 Å². The van der Waals surface area contributed by atoms with Crippen molar-refractivity contribution in [2.75, 3.05) is 6.54 Å². The molecule has 0 bridgehead atoms. The van der Waals surface area contributed by atoms with Gasteiger partial charge in [-0.3, -0.25) is 4.90 Å². The minimum Gasteiger partial charge on any atom is -0.296 e. The van der Waals surface area contributed by atoms with Gasteiger partial charge in [-0.15, -0.1) is 0 Å². The van der Waals surface area contributed by atoms with Crippen molar-refractivity contribution in [3.8, 4) is 6.07 Å². The van der Waals surface area contributed by atoms with Crippen molar-refractivity contribution in [3.63, 3.8) is 0 Å². The molecule has 1 atom stereocenters. The van der Waals surface area contributed by atoms with Crippen LogP contribution in [0.3, 0.4) is 0 Å². The second kappa shape index (κ2) is 9.74. The fourth-order valence-electron chi connectivity index (χ4n) is 4.88. The smallest absolute Gasteiger partial charge is 0.107 e. The van der Waals surface area contributed by atoms with Crippen molar-refractivity contribution < 1.29 is 0 Å². The van der Waals surface area contributed by atoms with E-state index < -0.39 is 5.41 Å². The summed E-state index contributed by atoms with van der Waals surface area (Å²) < 4.78 is 0. The molecule has 1 aliphatic heterocycles. The Morgan fingerprint density at radius 2 is 1.37 bits per heavy atom. The number of rotatable bonds is 7. The van der Waals surface area contributed by atoms with Crippen LogP contribution in [0.4, 0.5) is 0 Å². The van der Waals surface area contributed by atoms with Crippen molar-refractivity contribution in [2.45, 2.75) is 50.1 Å². The van der Waals surface area contributed by atoms with Gasteiger partial charge >= 0.3 is 0 Å². The SMILES string of the molecule is N#CC(CCC1CCCCN1Cc1ccccc1)(c1ccccc1)c1ccccc1. The molecule has 1 unspecified atom stereocenters. The summed E-state index contributed by atoms with van der Waals surface area (Å²) in [5.41, 5.74) is 2.98. The summed E-state index contributed by atoms with van der Waals surface area (Å²) in [6.45, 7) is 2.15. The van der Waals surface area contributed by atoms with Crippen molar-refractivity contribution >= 4 is 0 Å². The van der Waals surface area contributed by atoms with Gasteiger partial charge in [0, 0.05) is 12.6 Å². The van der Waals surface area contributed by atoms with Crippen LogP contribution in [-0.2, 0) is 12.0 Å². The molecular weight excluding hydrogens is 364 g/mol. The first-order valence-electron chi connectivity index (χ1n) is 11.1. The van der Waals surface area contributed by atoms with Gasteiger partial charge < -0.3 is 0 Å². The van der Waals surface area contributed by atoms with Crippen molar-refractivity contribution in [1.82, 2.24) is 4.90 Å². The predicted molar refractivity (Wildman–Crippen MR) is 123 cm³/mol. The van der Waals surface area contributed by atoms with Gasteiger partial charge in [-0.05, 0) is 48.9 Å². The normalized spacial score (nSPS) is 17.4. The van der Waals surface area contributed by atoms with Crippen LogP contribution in [0.5, 0.6) is 0 Å². The Kier molecular flexibility index (Phi) is 6.62. The average Bonchev–Trinajstić information content (AvgIpc) is 2.83. The van der Waals surface area contributed by atoms with E-state index in [2.05, 4.69) is 65.6 Å². The van der Waals surface area contributed by atoms with Crippen LogP contribution in [0, 0.1) is 11.3 Å². The summed E-state index contributed by atoms with van der Waals surface area (Å²) in [5.74, 6) is 0. The van der Waals surface area contributed by atoms with E-state index in [1.54, 1.807) is 0 Å². The third-order valence-electron chi connectivity index (χ3n) is 6.55. The fraction of sp³-hybridized carbons (Fsp3) is 0.321. The highest BCUT2D eigenvalue weighted by Gasteiger charge is 2.36. The van der Waals surface area contributed by atoms with Crippen LogP contribution >= 0.6 is 0 Å². The number of nitriles is 1. The van der Waals surface area contributed by atoms with Crippen LogP contribution in [0.15, 0.2) is 91.0 Å². The predicted octanol–water partition coefficient (Wildman–Crippen LogP) is 6.33. The molecule has 1 heterocycles. The maximum absolute atomic E-state index is 10.5. The van der Waals surface area contributed by atoms with Crippen molar-refractivity contribution in [1.29, 1.82) is 5.26 Å². The molecule has 1 saturated heterocycles. The lowest BCUT2D eigenvalue weighted by Gasteiger charge is -2.38. The van der Waals surface area contributed by atoms with E-state index in [4.69, 9.17) is 0 Å².